The highest BCUT2D eigenvalue weighted by Gasteiger charge is 2.20. The fourth-order valence-electron chi connectivity index (χ4n) is 5.73. The topological polar surface area (TPSA) is 43.9 Å². The van der Waals surface area contributed by atoms with Gasteiger partial charge in [-0.25, -0.2) is 9.97 Å². The van der Waals surface area contributed by atoms with Gasteiger partial charge in [-0.2, -0.15) is 0 Å². The zero-order valence-electron chi connectivity index (χ0n) is 21.9. The molecule has 0 saturated heterocycles. The molecule has 4 nitrogen and oxygen atoms in total. The van der Waals surface area contributed by atoms with Gasteiger partial charge in [-0.3, -0.25) is 4.57 Å². The first-order chi connectivity index (χ1) is 18.5. The summed E-state index contributed by atoms with van der Waals surface area (Å²) in [5.74, 6) is 0.874. The average molecular weight is 494 g/mol. The lowest BCUT2D eigenvalue weighted by Gasteiger charge is -2.17. The summed E-state index contributed by atoms with van der Waals surface area (Å²) in [5, 5.41) is 2.14. The molecule has 0 aliphatic heterocycles. The summed E-state index contributed by atoms with van der Waals surface area (Å²) in [4.78, 5) is 9.89. The number of hydrogen-bond acceptors (Lipinski definition) is 3. The van der Waals surface area contributed by atoms with Gasteiger partial charge < -0.3 is 4.42 Å². The first kappa shape index (κ1) is 22.5. The van der Waals surface area contributed by atoms with Gasteiger partial charge in [-0.15, -0.1) is 0 Å². The zero-order chi connectivity index (χ0) is 26.0. The van der Waals surface area contributed by atoms with Gasteiger partial charge in [0.05, 0.1) is 16.7 Å². The van der Waals surface area contributed by atoms with E-state index in [1.807, 2.05) is 12.3 Å². The highest BCUT2D eigenvalue weighted by molar-refractivity contribution is 6.07. The standard InChI is InChI=1S/C34H27N3O/c1-20-14-15-21(2)32-30(20)27-18-26(19-35-34(27)38-32)33-36-28-12-8-9-13-29(28)37(33)31-22(3)16-25(17-23(31)4)24-10-6-5-7-11-24/h5-19H,1-4H3. The van der Waals surface area contributed by atoms with Crippen molar-refractivity contribution in [1.29, 1.82) is 0 Å². The van der Waals surface area contributed by atoms with Gasteiger partial charge in [0.15, 0.2) is 0 Å². The fraction of sp³-hybridized carbons (Fsp3) is 0.118. The number of aromatic nitrogens is 3. The quantitative estimate of drug-likeness (QED) is 0.247. The number of hydrogen-bond donors (Lipinski definition) is 0. The maximum Gasteiger partial charge on any atom is 0.227 e. The van der Waals surface area contributed by atoms with Crippen LogP contribution in [0.15, 0.2) is 95.5 Å². The molecule has 0 saturated carbocycles. The number of pyridine rings is 1. The van der Waals surface area contributed by atoms with Crippen LogP contribution in [-0.4, -0.2) is 14.5 Å². The van der Waals surface area contributed by atoms with Gasteiger partial charge in [0.1, 0.15) is 11.4 Å². The van der Waals surface area contributed by atoms with Gasteiger partial charge in [0.25, 0.3) is 0 Å². The van der Waals surface area contributed by atoms with E-state index < -0.39 is 0 Å². The van der Waals surface area contributed by atoms with E-state index >= 15 is 0 Å². The lowest BCUT2D eigenvalue weighted by molar-refractivity contribution is 0.651. The second-order valence-corrected chi connectivity index (χ2v) is 10.2. The SMILES string of the molecule is Cc1cc(-c2ccccc2)cc(C)c1-n1c(-c2cnc3oc4c(C)ccc(C)c4c3c2)nc2ccccc21. The van der Waals surface area contributed by atoms with Crippen molar-refractivity contribution < 1.29 is 4.42 Å². The molecule has 0 amide bonds. The molecule has 0 atom stereocenters. The third-order valence-corrected chi connectivity index (χ3v) is 7.52. The molecule has 38 heavy (non-hydrogen) atoms. The van der Waals surface area contributed by atoms with Crippen LogP contribution in [0.25, 0.3) is 61.3 Å². The third-order valence-electron chi connectivity index (χ3n) is 7.52. The van der Waals surface area contributed by atoms with E-state index in [0.717, 1.165) is 50.0 Å². The van der Waals surface area contributed by atoms with Crippen molar-refractivity contribution in [3.8, 4) is 28.2 Å². The summed E-state index contributed by atoms with van der Waals surface area (Å²) in [6.07, 6.45) is 1.89. The number of fused-ring (bicyclic) bond motifs is 4. The molecule has 0 fully saturated rings. The van der Waals surface area contributed by atoms with Crippen LogP contribution in [0.5, 0.6) is 0 Å². The van der Waals surface area contributed by atoms with Crippen molar-refractivity contribution in [3.05, 3.63) is 113 Å². The number of imidazole rings is 1. The van der Waals surface area contributed by atoms with Crippen LogP contribution in [0.4, 0.5) is 0 Å². The molecule has 0 aliphatic carbocycles. The van der Waals surface area contributed by atoms with Crippen LogP contribution in [-0.2, 0) is 0 Å². The Bertz CT molecular complexity index is 1990. The van der Waals surface area contributed by atoms with Crippen LogP contribution in [0.1, 0.15) is 22.3 Å². The van der Waals surface area contributed by atoms with Crippen molar-refractivity contribution in [2.45, 2.75) is 27.7 Å². The van der Waals surface area contributed by atoms with Crippen molar-refractivity contribution >= 4 is 33.1 Å². The lowest BCUT2D eigenvalue weighted by atomic mass is 9.98. The Morgan fingerprint density at radius 1 is 0.658 bits per heavy atom. The maximum absolute atomic E-state index is 6.18. The zero-order valence-corrected chi connectivity index (χ0v) is 21.9. The summed E-state index contributed by atoms with van der Waals surface area (Å²) in [6.45, 7) is 8.57. The Morgan fingerprint density at radius 2 is 1.37 bits per heavy atom. The molecular formula is C34H27N3O. The van der Waals surface area contributed by atoms with Crippen LogP contribution >= 0.6 is 0 Å². The summed E-state index contributed by atoms with van der Waals surface area (Å²) in [7, 11) is 0. The monoisotopic (exact) mass is 493 g/mol. The molecule has 7 rings (SSSR count). The second-order valence-electron chi connectivity index (χ2n) is 10.2. The predicted molar refractivity (Wildman–Crippen MR) is 156 cm³/mol. The lowest BCUT2D eigenvalue weighted by Crippen LogP contribution is -2.03. The molecular weight excluding hydrogens is 466 g/mol. The number of aryl methyl sites for hydroxylation is 4. The molecule has 3 aromatic heterocycles. The second kappa shape index (κ2) is 8.42. The van der Waals surface area contributed by atoms with E-state index in [2.05, 4.69) is 111 Å². The molecule has 7 aromatic rings. The number of nitrogens with zero attached hydrogens (tertiary/aromatic N) is 3. The van der Waals surface area contributed by atoms with Gasteiger partial charge in [-0.05, 0) is 91.4 Å². The van der Waals surface area contributed by atoms with E-state index in [-0.39, 0.29) is 0 Å². The van der Waals surface area contributed by atoms with E-state index in [1.54, 1.807) is 0 Å². The molecule has 0 spiro atoms. The average Bonchev–Trinajstić information content (AvgIpc) is 3.50. The summed E-state index contributed by atoms with van der Waals surface area (Å²) < 4.78 is 8.47. The summed E-state index contributed by atoms with van der Waals surface area (Å²) in [5.41, 5.74) is 12.8. The van der Waals surface area contributed by atoms with Crippen LogP contribution in [0.3, 0.4) is 0 Å². The van der Waals surface area contributed by atoms with E-state index in [0.29, 0.717) is 5.71 Å². The first-order valence-corrected chi connectivity index (χ1v) is 12.9. The molecule has 4 heteroatoms. The predicted octanol–water partition coefficient (Wildman–Crippen LogP) is 8.89. The maximum atomic E-state index is 6.18. The Morgan fingerprint density at radius 3 is 2.16 bits per heavy atom. The number of furan rings is 1. The van der Waals surface area contributed by atoms with Crippen molar-refractivity contribution in [1.82, 2.24) is 14.5 Å². The van der Waals surface area contributed by atoms with Gasteiger partial charge >= 0.3 is 0 Å². The number of rotatable bonds is 3. The third kappa shape index (κ3) is 3.37. The molecule has 0 aliphatic rings. The van der Waals surface area contributed by atoms with Crippen LogP contribution < -0.4 is 0 Å². The molecule has 0 bridgehead atoms. The number of para-hydroxylation sites is 2. The Balaban J connectivity index is 1.50. The van der Waals surface area contributed by atoms with Crippen LogP contribution in [0, 0.1) is 27.7 Å². The molecule has 3 heterocycles. The highest BCUT2D eigenvalue weighted by Crippen LogP contribution is 2.37. The minimum Gasteiger partial charge on any atom is -0.437 e. The molecule has 4 aromatic carbocycles. The van der Waals surface area contributed by atoms with E-state index in [4.69, 9.17) is 14.4 Å². The Labute approximate surface area is 221 Å². The van der Waals surface area contributed by atoms with Gasteiger partial charge in [0, 0.05) is 22.5 Å². The van der Waals surface area contributed by atoms with Gasteiger partial charge in [0.2, 0.25) is 5.71 Å². The highest BCUT2D eigenvalue weighted by atomic mass is 16.3. The largest absolute Gasteiger partial charge is 0.437 e. The van der Waals surface area contributed by atoms with Crippen LogP contribution in [0.2, 0.25) is 0 Å². The molecule has 184 valence electrons. The molecule has 0 radical (unpaired) electrons. The Kier molecular flexibility index (Phi) is 4.98. The van der Waals surface area contributed by atoms with Crippen molar-refractivity contribution in [2.75, 3.05) is 0 Å². The molecule has 0 N–H and O–H groups in total. The minimum atomic E-state index is 0.656. The van der Waals surface area contributed by atoms with Crippen molar-refractivity contribution in [2.24, 2.45) is 0 Å². The first-order valence-electron chi connectivity index (χ1n) is 12.9. The summed E-state index contributed by atoms with van der Waals surface area (Å²) >= 11 is 0. The normalized spacial score (nSPS) is 11.7. The Hall–Kier alpha value is -4.70. The van der Waals surface area contributed by atoms with E-state index in [9.17, 15) is 0 Å². The molecule has 0 unspecified atom stereocenters. The van der Waals surface area contributed by atoms with E-state index in [1.165, 1.54) is 27.8 Å². The minimum absolute atomic E-state index is 0.656. The fourth-order valence-corrected chi connectivity index (χ4v) is 5.73. The summed E-state index contributed by atoms with van der Waals surface area (Å²) in [6, 6.07) is 29.8. The van der Waals surface area contributed by atoms with Crippen molar-refractivity contribution in [3.63, 3.8) is 0 Å². The number of benzene rings is 4. The van der Waals surface area contributed by atoms with Gasteiger partial charge in [-0.1, -0.05) is 54.6 Å². The smallest absolute Gasteiger partial charge is 0.227 e.